The Bertz CT molecular complexity index is 913. The van der Waals surface area contributed by atoms with Crippen molar-refractivity contribution in [2.24, 2.45) is 0 Å². The summed E-state index contributed by atoms with van der Waals surface area (Å²) in [5, 5.41) is 23.1. The number of amides is 1. The van der Waals surface area contributed by atoms with E-state index in [1.165, 1.54) is 24.3 Å². The molecule has 0 fully saturated rings. The predicted molar refractivity (Wildman–Crippen MR) is 111 cm³/mol. The van der Waals surface area contributed by atoms with Crippen molar-refractivity contribution in [3.05, 3.63) is 75.8 Å². The van der Waals surface area contributed by atoms with Crippen LogP contribution >= 0.6 is 0 Å². The molecule has 31 heavy (non-hydrogen) atoms. The average molecular weight is 428 g/mol. The summed E-state index contributed by atoms with van der Waals surface area (Å²) in [4.78, 5) is 46.8. The van der Waals surface area contributed by atoms with Gasteiger partial charge in [0.15, 0.2) is 0 Å². The van der Waals surface area contributed by atoms with Crippen molar-refractivity contribution in [1.29, 1.82) is 0 Å². The number of rotatable bonds is 11. The second kappa shape index (κ2) is 11.4. The summed E-state index contributed by atoms with van der Waals surface area (Å²) in [5.41, 5.74) is 1.13. The number of nitrogens with zero attached hydrogens (tertiary/aromatic N) is 1. The number of nitrogens with one attached hydrogen (secondary N) is 1. The molecule has 0 saturated heterocycles. The number of nitro benzene ring substituents is 1. The summed E-state index contributed by atoms with van der Waals surface area (Å²) < 4.78 is 4.94. The molecule has 2 N–H and O–H groups in total. The number of aryl methyl sites for hydroxylation is 1. The molecular formula is C22H24N2O7. The summed E-state index contributed by atoms with van der Waals surface area (Å²) in [5.74, 6) is -3.39. The third kappa shape index (κ3) is 7.22. The summed E-state index contributed by atoms with van der Waals surface area (Å²) in [6.07, 6.45) is 0.195. The summed E-state index contributed by atoms with van der Waals surface area (Å²) in [6, 6.07) is 13.1. The molecule has 0 aromatic heterocycles. The maximum absolute atomic E-state index is 12.4. The Balaban J connectivity index is 2.21. The lowest BCUT2D eigenvalue weighted by atomic mass is 9.88. The van der Waals surface area contributed by atoms with Gasteiger partial charge in [0.25, 0.3) is 5.69 Å². The average Bonchev–Trinajstić information content (AvgIpc) is 2.75. The van der Waals surface area contributed by atoms with Gasteiger partial charge in [0, 0.05) is 24.5 Å². The lowest BCUT2D eigenvalue weighted by Gasteiger charge is -2.25. The van der Waals surface area contributed by atoms with E-state index in [1.54, 1.807) is 6.92 Å². The van der Waals surface area contributed by atoms with E-state index < -0.39 is 34.7 Å². The normalized spacial score (nSPS) is 12.4. The zero-order valence-corrected chi connectivity index (χ0v) is 17.0. The maximum atomic E-state index is 12.4. The number of carbonyl (C=O) groups is 3. The Morgan fingerprint density at radius 2 is 1.74 bits per heavy atom. The van der Waals surface area contributed by atoms with Gasteiger partial charge in [-0.25, -0.2) is 4.79 Å². The molecule has 0 spiro atoms. The first-order valence-corrected chi connectivity index (χ1v) is 9.77. The Labute approximate surface area is 179 Å². The number of hydrogen-bond acceptors (Lipinski definition) is 6. The van der Waals surface area contributed by atoms with Crippen molar-refractivity contribution in [3.63, 3.8) is 0 Å². The molecule has 0 heterocycles. The standard InChI is InChI=1S/C22H24N2O7/c1-2-31-20(26)14-18(16-9-11-17(12-10-16)24(29)30)21(22(27)28)23-19(25)13-8-15-6-4-3-5-7-15/h3-7,9-12,18,21H,2,8,13-14H2,1H3,(H,23,25)(H,27,28)/t18-,21-/m0/s1. The molecule has 0 saturated carbocycles. The molecule has 2 atom stereocenters. The van der Waals surface area contributed by atoms with Crippen molar-refractivity contribution < 1.29 is 29.2 Å². The highest BCUT2D eigenvalue weighted by Crippen LogP contribution is 2.27. The highest BCUT2D eigenvalue weighted by atomic mass is 16.6. The third-order valence-electron chi connectivity index (χ3n) is 4.69. The molecule has 1 amide bonds. The Morgan fingerprint density at radius 3 is 2.29 bits per heavy atom. The number of aliphatic carboxylic acids is 1. The van der Waals surface area contributed by atoms with Crippen LogP contribution in [-0.4, -0.2) is 40.5 Å². The molecule has 0 radical (unpaired) electrons. The number of hydrogen-bond donors (Lipinski definition) is 2. The van der Waals surface area contributed by atoms with Crippen molar-refractivity contribution in [2.75, 3.05) is 6.61 Å². The number of carboxylic acids is 1. The molecule has 0 aliphatic carbocycles. The predicted octanol–water partition coefficient (Wildman–Crippen LogP) is 2.83. The first kappa shape index (κ1) is 23.5. The number of benzene rings is 2. The van der Waals surface area contributed by atoms with Crippen LogP contribution in [0.2, 0.25) is 0 Å². The minimum atomic E-state index is -1.41. The first-order valence-electron chi connectivity index (χ1n) is 9.77. The molecule has 0 aliphatic heterocycles. The maximum Gasteiger partial charge on any atom is 0.326 e. The Kier molecular flexibility index (Phi) is 8.68. The quantitative estimate of drug-likeness (QED) is 0.319. The number of ether oxygens (including phenoxy) is 1. The van der Waals surface area contributed by atoms with E-state index in [0.29, 0.717) is 12.0 Å². The number of esters is 1. The van der Waals surface area contributed by atoms with E-state index in [4.69, 9.17) is 4.74 Å². The minimum absolute atomic E-state index is 0.0696. The second-order valence-corrected chi connectivity index (χ2v) is 6.83. The monoisotopic (exact) mass is 428 g/mol. The zero-order valence-electron chi connectivity index (χ0n) is 17.0. The van der Waals surface area contributed by atoms with Gasteiger partial charge in [0.1, 0.15) is 6.04 Å². The van der Waals surface area contributed by atoms with Crippen molar-refractivity contribution in [3.8, 4) is 0 Å². The van der Waals surface area contributed by atoms with E-state index in [2.05, 4.69) is 5.32 Å². The van der Waals surface area contributed by atoms with Crippen LogP contribution in [0, 0.1) is 10.1 Å². The number of carbonyl (C=O) groups excluding carboxylic acids is 2. The van der Waals surface area contributed by atoms with Crippen molar-refractivity contribution in [1.82, 2.24) is 5.32 Å². The molecule has 2 aromatic carbocycles. The van der Waals surface area contributed by atoms with Gasteiger partial charge < -0.3 is 15.2 Å². The smallest absolute Gasteiger partial charge is 0.326 e. The molecular weight excluding hydrogens is 404 g/mol. The van der Waals surface area contributed by atoms with Gasteiger partial charge in [-0.15, -0.1) is 0 Å². The molecule has 0 bridgehead atoms. The number of non-ortho nitro benzene ring substituents is 1. The molecule has 2 rings (SSSR count). The van der Waals surface area contributed by atoms with Gasteiger partial charge in [0.2, 0.25) is 5.91 Å². The van der Waals surface area contributed by atoms with E-state index >= 15 is 0 Å². The van der Waals surface area contributed by atoms with E-state index in [1.807, 2.05) is 30.3 Å². The molecule has 0 unspecified atom stereocenters. The first-order chi connectivity index (χ1) is 14.8. The molecule has 9 heteroatoms. The highest BCUT2D eigenvalue weighted by molar-refractivity contribution is 5.85. The van der Waals surface area contributed by atoms with Gasteiger partial charge in [-0.2, -0.15) is 0 Å². The van der Waals surface area contributed by atoms with Crippen LogP contribution in [0.15, 0.2) is 54.6 Å². The van der Waals surface area contributed by atoms with Crippen LogP contribution in [0.3, 0.4) is 0 Å². The van der Waals surface area contributed by atoms with Gasteiger partial charge in [-0.3, -0.25) is 19.7 Å². The zero-order chi connectivity index (χ0) is 22.8. The number of carboxylic acid groups (broad SMARTS) is 1. The number of nitro groups is 1. The van der Waals surface area contributed by atoms with Crippen LogP contribution < -0.4 is 5.32 Å². The van der Waals surface area contributed by atoms with Crippen LogP contribution in [0.25, 0.3) is 0 Å². The van der Waals surface area contributed by atoms with E-state index in [9.17, 15) is 29.6 Å². The summed E-state index contributed by atoms with van der Waals surface area (Å²) in [7, 11) is 0. The molecule has 0 aliphatic rings. The van der Waals surface area contributed by atoms with Gasteiger partial charge in [0.05, 0.1) is 18.0 Å². The summed E-state index contributed by atoms with van der Waals surface area (Å²) in [6.45, 7) is 1.74. The van der Waals surface area contributed by atoms with Crippen LogP contribution in [0.5, 0.6) is 0 Å². The fourth-order valence-electron chi connectivity index (χ4n) is 3.15. The molecule has 164 valence electrons. The minimum Gasteiger partial charge on any atom is -0.480 e. The lowest BCUT2D eigenvalue weighted by molar-refractivity contribution is -0.384. The lowest BCUT2D eigenvalue weighted by Crippen LogP contribution is -2.45. The van der Waals surface area contributed by atoms with Crippen LogP contribution in [0.1, 0.15) is 36.8 Å². The Hall–Kier alpha value is -3.75. The van der Waals surface area contributed by atoms with Gasteiger partial charge in [-0.05, 0) is 24.5 Å². The Morgan fingerprint density at radius 1 is 1.10 bits per heavy atom. The third-order valence-corrected chi connectivity index (χ3v) is 4.69. The van der Waals surface area contributed by atoms with Gasteiger partial charge in [-0.1, -0.05) is 42.5 Å². The summed E-state index contributed by atoms with van der Waals surface area (Å²) >= 11 is 0. The fourth-order valence-corrected chi connectivity index (χ4v) is 3.15. The van der Waals surface area contributed by atoms with Crippen LogP contribution in [0.4, 0.5) is 5.69 Å². The fraction of sp³-hybridized carbons (Fsp3) is 0.318. The topological polar surface area (TPSA) is 136 Å². The van der Waals surface area contributed by atoms with Crippen molar-refractivity contribution >= 4 is 23.5 Å². The molecule has 2 aromatic rings. The molecule has 9 nitrogen and oxygen atoms in total. The van der Waals surface area contributed by atoms with Crippen LogP contribution in [-0.2, 0) is 25.5 Å². The second-order valence-electron chi connectivity index (χ2n) is 6.83. The van der Waals surface area contributed by atoms with E-state index in [-0.39, 0.29) is 25.1 Å². The van der Waals surface area contributed by atoms with Gasteiger partial charge >= 0.3 is 11.9 Å². The SMILES string of the molecule is CCOC(=O)C[C@@H](c1ccc([N+](=O)[O-])cc1)[C@H](NC(=O)CCc1ccccc1)C(=O)O. The van der Waals surface area contributed by atoms with Crippen molar-refractivity contribution in [2.45, 2.75) is 38.1 Å². The highest BCUT2D eigenvalue weighted by Gasteiger charge is 2.33. The van der Waals surface area contributed by atoms with E-state index in [0.717, 1.165) is 5.56 Å². The largest absolute Gasteiger partial charge is 0.480 e.